The molecule has 2 aromatic heterocycles. The summed E-state index contributed by atoms with van der Waals surface area (Å²) in [6.45, 7) is 0. The Morgan fingerprint density at radius 2 is 1.63 bits per heavy atom. The summed E-state index contributed by atoms with van der Waals surface area (Å²) < 4.78 is 6.99. The molecule has 0 spiro atoms. The van der Waals surface area contributed by atoms with Crippen molar-refractivity contribution in [1.29, 1.82) is 0 Å². The van der Waals surface area contributed by atoms with Gasteiger partial charge in [-0.05, 0) is 30.3 Å². The van der Waals surface area contributed by atoms with Crippen LogP contribution >= 0.6 is 0 Å². The minimum Gasteiger partial charge on any atom is -0.618 e. The van der Waals surface area contributed by atoms with Crippen LogP contribution in [0.5, 0.6) is 5.75 Å². The summed E-state index contributed by atoms with van der Waals surface area (Å²) in [6, 6.07) is 17.6. The molecule has 0 bridgehead atoms. The van der Waals surface area contributed by atoms with Crippen LogP contribution in [0.2, 0.25) is 0 Å². The molecule has 7 heteroatoms. The first kappa shape index (κ1) is 15.4. The fourth-order valence-corrected chi connectivity index (χ4v) is 3.26. The fraction of sp³-hybridized carbons (Fsp3) is 0.0500. The Morgan fingerprint density at radius 1 is 0.926 bits per heavy atom. The van der Waals surface area contributed by atoms with E-state index in [1.165, 1.54) is 0 Å². The van der Waals surface area contributed by atoms with Gasteiger partial charge in [0.1, 0.15) is 5.75 Å². The van der Waals surface area contributed by atoms with Gasteiger partial charge in [0.15, 0.2) is 16.9 Å². The van der Waals surface area contributed by atoms with Gasteiger partial charge in [0.05, 0.1) is 18.1 Å². The number of para-hydroxylation sites is 2. The Hall–Kier alpha value is -3.87. The predicted molar refractivity (Wildman–Crippen MR) is 101 cm³/mol. The number of hydrogen-bond donors (Lipinski definition) is 1. The molecule has 0 fully saturated rings. The second kappa shape index (κ2) is 5.57. The van der Waals surface area contributed by atoms with Gasteiger partial charge in [-0.2, -0.15) is 9.46 Å². The highest BCUT2D eigenvalue weighted by atomic mass is 16.5. The first-order valence-electron chi connectivity index (χ1n) is 8.34. The minimum atomic E-state index is 0.324. The van der Waals surface area contributed by atoms with E-state index in [-0.39, 0.29) is 0 Å². The number of benzene rings is 3. The van der Waals surface area contributed by atoms with E-state index < -0.39 is 0 Å². The van der Waals surface area contributed by atoms with Crippen LogP contribution in [0, 0.1) is 5.21 Å². The Bertz CT molecular complexity index is 1250. The smallest absolute Gasteiger partial charge is 0.246 e. The summed E-state index contributed by atoms with van der Waals surface area (Å²) in [7, 11) is 1.61. The van der Waals surface area contributed by atoms with Crippen LogP contribution in [0.4, 0.5) is 0 Å². The molecule has 0 saturated carbocycles. The lowest BCUT2D eigenvalue weighted by Crippen LogP contribution is -2.30. The zero-order valence-electron chi connectivity index (χ0n) is 14.3. The molecule has 0 amide bonds. The Kier molecular flexibility index (Phi) is 3.17. The first-order chi connectivity index (χ1) is 13.2. The maximum Gasteiger partial charge on any atom is 0.246 e. The molecule has 27 heavy (non-hydrogen) atoms. The van der Waals surface area contributed by atoms with Crippen molar-refractivity contribution in [2.75, 3.05) is 7.11 Å². The van der Waals surface area contributed by atoms with E-state index in [0.717, 1.165) is 20.8 Å². The van der Waals surface area contributed by atoms with E-state index in [4.69, 9.17) is 4.74 Å². The highest BCUT2D eigenvalue weighted by Crippen LogP contribution is 2.26. The number of nitrogens with zero attached hydrogens (tertiary/aromatic N) is 4. The third-order valence-corrected chi connectivity index (χ3v) is 4.65. The number of fused-ring (bicyclic) bond motifs is 3. The Labute approximate surface area is 153 Å². The van der Waals surface area contributed by atoms with Crippen molar-refractivity contribution < 1.29 is 14.7 Å². The molecule has 5 rings (SSSR count). The molecule has 132 valence electrons. The highest BCUT2D eigenvalue weighted by molar-refractivity contribution is 5.93. The van der Waals surface area contributed by atoms with Crippen molar-refractivity contribution in [1.82, 2.24) is 14.7 Å². The second-order valence-electron chi connectivity index (χ2n) is 6.20. The van der Waals surface area contributed by atoms with E-state index in [9.17, 15) is 10.4 Å². The van der Waals surface area contributed by atoms with Gasteiger partial charge < -0.3 is 15.2 Å². The van der Waals surface area contributed by atoms with Crippen molar-refractivity contribution >= 4 is 33.1 Å². The van der Waals surface area contributed by atoms with Gasteiger partial charge in [-0.3, -0.25) is 0 Å². The lowest BCUT2D eigenvalue weighted by atomic mass is 10.2. The molecule has 1 N–H and O–H groups in total. The molecule has 3 aromatic carbocycles. The number of ether oxygens (including phenoxy) is 1. The lowest BCUT2D eigenvalue weighted by molar-refractivity contribution is -0.548. The SMILES string of the molecule is COc1ccc(-c2nc3cc4c(cc3n2)[n+]([O-])c2ccccc2n4O)cc1. The quantitative estimate of drug-likeness (QED) is 0.226. The molecule has 0 aliphatic heterocycles. The lowest BCUT2D eigenvalue weighted by Gasteiger charge is -2.09. The standard InChI is InChI=1S/C20H14N4O3/c1-27-13-8-6-12(7-9-13)20-21-14-10-18-19(11-15(14)22-20)24(26)17-5-3-2-4-16(17)23(18)25/h2-11,25H,1H3. The molecule has 0 aliphatic carbocycles. The normalized spacial score (nSPS) is 11.4. The number of rotatable bonds is 2. The van der Waals surface area contributed by atoms with Crippen molar-refractivity contribution in [3.05, 3.63) is 65.9 Å². The van der Waals surface area contributed by atoms with Crippen molar-refractivity contribution in [2.45, 2.75) is 0 Å². The van der Waals surface area contributed by atoms with Crippen molar-refractivity contribution in [3.63, 3.8) is 0 Å². The van der Waals surface area contributed by atoms with E-state index >= 15 is 0 Å². The molecule has 7 nitrogen and oxygen atoms in total. The van der Waals surface area contributed by atoms with E-state index in [2.05, 4.69) is 9.97 Å². The van der Waals surface area contributed by atoms with Crippen molar-refractivity contribution in [2.24, 2.45) is 0 Å². The number of aromatic nitrogens is 4. The highest BCUT2D eigenvalue weighted by Gasteiger charge is 2.18. The summed E-state index contributed by atoms with van der Waals surface area (Å²) in [4.78, 5) is 9.10. The summed E-state index contributed by atoms with van der Waals surface area (Å²) in [5.74, 6) is 1.30. The monoisotopic (exact) mass is 358 g/mol. The summed E-state index contributed by atoms with van der Waals surface area (Å²) in [5, 5.41) is 23.3. The van der Waals surface area contributed by atoms with Crippen LogP contribution in [0.15, 0.2) is 60.7 Å². The average Bonchev–Trinajstić information content (AvgIpc) is 3.14. The molecular weight excluding hydrogens is 344 g/mol. The van der Waals surface area contributed by atoms with Gasteiger partial charge in [0.25, 0.3) is 0 Å². The summed E-state index contributed by atoms with van der Waals surface area (Å²) in [5.41, 5.74) is 3.53. The van der Waals surface area contributed by atoms with E-state index in [0.29, 0.717) is 38.9 Å². The van der Waals surface area contributed by atoms with Gasteiger partial charge >= 0.3 is 0 Å². The van der Waals surface area contributed by atoms with Crippen molar-refractivity contribution in [3.8, 4) is 17.1 Å². The molecule has 0 atom stereocenters. The van der Waals surface area contributed by atoms with Crippen LogP contribution in [0.25, 0.3) is 44.5 Å². The Morgan fingerprint density at radius 3 is 2.37 bits per heavy atom. The van der Waals surface area contributed by atoms with Crippen LogP contribution in [-0.2, 0) is 0 Å². The molecule has 0 radical (unpaired) electrons. The van der Waals surface area contributed by atoms with Crippen LogP contribution in [-0.4, -0.2) is 27.0 Å². The second-order valence-corrected chi connectivity index (χ2v) is 6.20. The third kappa shape index (κ3) is 2.25. The maximum absolute atomic E-state index is 12.8. The number of hydrogen-bond acceptors (Lipinski definition) is 5. The fourth-order valence-electron chi connectivity index (χ4n) is 3.26. The van der Waals surface area contributed by atoms with Crippen LogP contribution < -0.4 is 9.47 Å². The summed E-state index contributed by atoms with van der Waals surface area (Å²) in [6.07, 6.45) is 0. The van der Waals surface area contributed by atoms with Gasteiger partial charge in [0, 0.05) is 23.8 Å². The van der Waals surface area contributed by atoms with Crippen LogP contribution in [0.3, 0.4) is 0 Å². The zero-order chi connectivity index (χ0) is 18.5. The van der Waals surface area contributed by atoms with Gasteiger partial charge in [-0.25, -0.2) is 9.97 Å². The topological polar surface area (TPSA) is 87.1 Å². The molecular formula is C20H14N4O3. The number of imidazole rings is 1. The molecule has 0 saturated heterocycles. The van der Waals surface area contributed by atoms with Crippen LogP contribution in [0.1, 0.15) is 0 Å². The van der Waals surface area contributed by atoms with Gasteiger partial charge in [-0.15, -0.1) is 0 Å². The van der Waals surface area contributed by atoms with E-state index in [1.54, 1.807) is 43.5 Å². The first-order valence-corrected chi connectivity index (χ1v) is 8.34. The largest absolute Gasteiger partial charge is 0.618 e. The third-order valence-electron chi connectivity index (χ3n) is 4.65. The van der Waals surface area contributed by atoms with Gasteiger partial charge in [0.2, 0.25) is 11.0 Å². The molecule has 0 unspecified atom stereocenters. The maximum atomic E-state index is 12.8. The zero-order valence-corrected chi connectivity index (χ0v) is 14.3. The molecule has 0 aliphatic rings. The molecule has 5 aromatic rings. The average molecular weight is 358 g/mol. The Balaban J connectivity index is 1.77. The van der Waals surface area contributed by atoms with E-state index in [1.807, 2.05) is 24.3 Å². The number of methoxy groups -OCH3 is 1. The predicted octanol–water partition coefficient (Wildman–Crippen LogP) is 3.28. The molecule has 2 heterocycles. The summed E-state index contributed by atoms with van der Waals surface area (Å²) >= 11 is 0. The van der Waals surface area contributed by atoms with Gasteiger partial charge in [-0.1, -0.05) is 12.1 Å². The minimum absolute atomic E-state index is 0.324.